The van der Waals surface area contributed by atoms with Crippen LogP contribution in [0.25, 0.3) is 10.9 Å². The monoisotopic (exact) mass is 459 g/mol. The van der Waals surface area contributed by atoms with Crippen LogP contribution in [0.5, 0.6) is 0 Å². The van der Waals surface area contributed by atoms with E-state index in [1.165, 1.54) is 18.7 Å². The highest BCUT2D eigenvalue weighted by Crippen LogP contribution is 2.46. The largest absolute Gasteiger partial charge is 0.477 e. The molecule has 164 valence electrons. The first-order valence-electron chi connectivity index (χ1n) is 9.22. The molecule has 30 heavy (non-hydrogen) atoms. The van der Waals surface area contributed by atoms with Crippen molar-refractivity contribution in [2.45, 2.75) is 36.7 Å². The van der Waals surface area contributed by atoms with Gasteiger partial charge in [0.15, 0.2) is 0 Å². The Labute approximate surface area is 176 Å². The number of nitrogens with two attached hydrogens (primary N) is 1. The number of anilines is 1. The second kappa shape index (κ2) is 8.17. The number of aromatic carboxylic acids is 1. The van der Waals surface area contributed by atoms with E-state index in [0.717, 1.165) is 12.5 Å². The standard InChI is InChI=1S/C16H16FN3O3S.C2H6O3S/c1-7-20-11-5-12(19-3-2-8(18)6-19)10(17)4-9(11)14(21)13(16(22)23)15(20)24-7;1-2-6(3,4)5/h4-5,7-8H,2-3,6,18H2,1H3,(H,22,23);2H2,1H3,(H,3,4,5). The number of carboxylic acid groups (broad SMARTS) is 1. The summed E-state index contributed by atoms with van der Waals surface area (Å²) in [7, 11) is -3.66. The third-order valence-electron chi connectivity index (χ3n) is 5.02. The van der Waals surface area contributed by atoms with Gasteiger partial charge in [0.1, 0.15) is 11.4 Å². The summed E-state index contributed by atoms with van der Waals surface area (Å²) in [5, 5.41) is 9.87. The number of benzene rings is 1. The number of fused-ring (bicyclic) bond motifs is 3. The van der Waals surface area contributed by atoms with Gasteiger partial charge in [0.05, 0.1) is 27.4 Å². The Balaban J connectivity index is 0.000000377. The first kappa shape index (κ1) is 22.5. The quantitative estimate of drug-likeness (QED) is 0.586. The molecule has 2 unspecified atom stereocenters. The molecule has 2 aliphatic heterocycles. The van der Waals surface area contributed by atoms with Gasteiger partial charge in [-0.2, -0.15) is 8.42 Å². The maximum Gasteiger partial charge on any atom is 0.342 e. The molecule has 9 nitrogen and oxygen atoms in total. The summed E-state index contributed by atoms with van der Waals surface area (Å²) in [5.74, 6) is -2.00. The molecule has 4 N–H and O–H groups in total. The second-order valence-corrected chi connectivity index (χ2v) is 10.1. The zero-order valence-corrected chi connectivity index (χ0v) is 18.0. The van der Waals surface area contributed by atoms with Crippen LogP contribution in [0.1, 0.15) is 36.0 Å². The molecule has 1 aromatic heterocycles. The number of halogens is 1. The number of hydrogen-bond donors (Lipinski definition) is 3. The van der Waals surface area contributed by atoms with E-state index in [1.54, 1.807) is 10.6 Å². The van der Waals surface area contributed by atoms with Gasteiger partial charge >= 0.3 is 5.97 Å². The fourth-order valence-corrected chi connectivity index (χ4v) is 4.63. The van der Waals surface area contributed by atoms with Gasteiger partial charge in [0, 0.05) is 24.5 Å². The van der Waals surface area contributed by atoms with Gasteiger partial charge in [-0.3, -0.25) is 9.35 Å². The Morgan fingerprint density at radius 1 is 1.40 bits per heavy atom. The van der Waals surface area contributed by atoms with Gasteiger partial charge in [0.2, 0.25) is 5.43 Å². The van der Waals surface area contributed by atoms with Crippen molar-refractivity contribution < 1.29 is 27.3 Å². The molecule has 4 rings (SSSR count). The van der Waals surface area contributed by atoms with Crippen molar-refractivity contribution in [2.24, 2.45) is 5.73 Å². The summed E-state index contributed by atoms with van der Waals surface area (Å²) in [6, 6.07) is 2.82. The molecule has 12 heteroatoms. The number of thioether (sulfide) groups is 1. The Hall–Kier alpha value is -2.15. The highest BCUT2D eigenvalue weighted by atomic mass is 32.2. The Morgan fingerprint density at radius 3 is 2.50 bits per heavy atom. The highest BCUT2D eigenvalue weighted by molar-refractivity contribution is 8.00. The van der Waals surface area contributed by atoms with Crippen LogP contribution in [0, 0.1) is 5.82 Å². The maximum absolute atomic E-state index is 14.6. The van der Waals surface area contributed by atoms with Crippen molar-refractivity contribution >= 4 is 44.4 Å². The normalized spacial score (nSPS) is 20.4. The van der Waals surface area contributed by atoms with E-state index in [0.29, 0.717) is 29.3 Å². The predicted molar refractivity (Wildman–Crippen MR) is 113 cm³/mol. The van der Waals surface area contributed by atoms with Gasteiger partial charge in [-0.15, -0.1) is 0 Å². The van der Waals surface area contributed by atoms with E-state index >= 15 is 0 Å². The minimum atomic E-state index is -3.66. The molecule has 0 radical (unpaired) electrons. The van der Waals surface area contributed by atoms with Gasteiger partial charge in [-0.05, 0) is 32.4 Å². The van der Waals surface area contributed by atoms with Crippen molar-refractivity contribution in [3.8, 4) is 0 Å². The SMILES string of the molecule is CC1Sc2c(C(=O)O)c(=O)c3cc(F)c(N4CCC(N)C4)cc3n21.CCS(=O)(=O)O. The lowest BCUT2D eigenvalue weighted by molar-refractivity contribution is 0.0689. The number of rotatable bonds is 3. The molecule has 2 aliphatic rings. The van der Waals surface area contributed by atoms with E-state index in [9.17, 15) is 27.5 Å². The number of carboxylic acids is 1. The van der Waals surface area contributed by atoms with Crippen molar-refractivity contribution in [1.82, 2.24) is 4.57 Å². The maximum atomic E-state index is 14.6. The lowest BCUT2D eigenvalue weighted by atomic mass is 10.1. The Bertz CT molecular complexity index is 1180. The highest BCUT2D eigenvalue weighted by Gasteiger charge is 2.33. The Kier molecular flexibility index (Phi) is 6.14. The van der Waals surface area contributed by atoms with Crippen LogP contribution in [-0.2, 0) is 10.1 Å². The first-order valence-corrected chi connectivity index (χ1v) is 11.7. The molecular formula is C18H22FN3O6S2. The van der Waals surface area contributed by atoms with Crippen LogP contribution in [0.15, 0.2) is 22.0 Å². The van der Waals surface area contributed by atoms with Crippen LogP contribution < -0.4 is 16.1 Å². The summed E-state index contributed by atoms with van der Waals surface area (Å²) in [6.07, 6.45) is 0.791. The molecule has 2 aromatic rings. The zero-order chi connectivity index (χ0) is 22.4. The summed E-state index contributed by atoms with van der Waals surface area (Å²) >= 11 is 1.34. The lowest BCUT2D eigenvalue weighted by Crippen LogP contribution is -2.29. The van der Waals surface area contributed by atoms with E-state index < -0.39 is 27.3 Å². The average Bonchev–Trinajstić information content (AvgIpc) is 3.07. The second-order valence-electron chi connectivity index (χ2n) is 7.09. The van der Waals surface area contributed by atoms with E-state index in [2.05, 4.69) is 0 Å². The topological polar surface area (TPSA) is 143 Å². The summed E-state index contributed by atoms with van der Waals surface area (Å²) < 4.78 is 43.3. The molecule has 0 spiro atoms. The molecule has 2 atom stereocenters. The minimum Gasteiger partial charge on any atom is -0.477 e. The predicted octanol–water partition coefficient (Wildman–Crippen LogP) is 1.89. The fourth-order valence-electron chi connectivity index (χ4n) is 3.47. The molecule has 1 aromatic carbocycles. The zero-order valence-electron chi connectivity index (χ0n) is 16.3. The van der Waals surface area contributed by atoms with Crippen molar-refractivity contribution in [2.75, 3.05) is 23.7 Å². The van der Waals surface area contributed by atoms with Crippen LogP contribution in [-0.4, -0.2) is 53.5 Å². The van der Waals surface area contributed by atoms with Gasteiger partial charge in [-0.1, -0.05) is 11.8 Å². The smallest absolute Gasteiger partial charge is 0.342 e. The molecule has 0 saturated carbocycles. The first-order chi connectivity index (χ1) is 13.9. The van der Waals surface area contributed by atoms with E-state index in [1.807, 2.05) is 11.8 Å². The third-order valence-corrected chi connectivity index (χ3v) is 6.92. The van der Waals surface area contributed by atoms with Crippen LogP contribution >= 0.6 is 11.8 Å². The molecular weight excluding hydrogens is 437 g/mol. The number of pyridine rings is 1. The third kappa shape index (κ3) is 4.17. The molecule has 0 aliphatic carbocycles. The lowest BCUT2D eigenvalue weighted by Gasteiger charge is -2.33. The number of aromatic nitrogens is 1. The Morgan fingerprint density at radius 2 is 2.03 bits per heavy atom. The van der Waals surface area contributed by atoms with Gasteiger partial charge in [-0.25, -0.2) is 9.18 Å². The minimum absolute atomic E-state index is 0.000321. The van der Waals surface area contributed by atoms with Crippen LogP contribution in [0.3, 0.4) is 0 Å². The van der Waals surface area contributed by atoms with Crippen LogP contribution in [0.2, 0.25) is 0 Å². The average molecular weight is 460 g/mol. The fraction of sp³-hybridized carbons (Fsp3) is 0.444. The summed E-state index contributed by atoms with van der Waals surface area (Å²) in [5.41, 5.74) is 5.98. The molecule has 0 amide bonds. The van der Waals surface area contributed by atoms with Crippen LogP contribution in [0.4, 0.5) is 10.1 Å². The van der Waals surface area contributed by atoms with Crippen molar-refractivity contribution in [1.29, 1.82) is 0 Å². The molecule has 3 heterocycles. The number of nitrogens with zero attached hydrogens (tertiary/aromatic N) is 2. The molecule has 1 saturated heterocycles. The number of carbonyl (C=O) groups is 1. The number of hydrogen-bond acceptors (Lipinski definition) is 7. The van der Waals surface area contributed by atoms with E-state index in [4.69, 9.17) is 10.3 Å². The van der Waals surface area contributed by atoms with Gasteiger partial charge < -0.3 is 20.3 Å². The summed E-state index contributed by atoms with van der Waals surface area (Å²) in [4.78, 5) is 25.8. The van der Waals surface area contributed by atoms with Crippen molar-refractivity contribution in [3.63, 3.8) is 0 Å². The van der Waals surface area contributed by atoms with Crippen molar-refractivity contribution in [3.05, 3.63) is 33.7 Å². The molecule has 0 bridgehead atoms. The van der Waals surface area contributed by atoms with E-state index in [-0.39, 0.29) is 28.1 Å². The molecule has 1 fully saturated rings. The summed E-state index contributed by atoms with van der Waals surface area (Å²) in [6.45, 7) is 4.52. The van der Waals surface area contributed by atoms with Gasteiger partial charge in [0.25, 0.3) is 10.1 Å².